The van der Waals surface area contributed by atoms with Gasteiger partial charge in [0.1, 0.15) is 5.75 Å². The van der Waals surface area contributed by atoms with Gasteiger partial charge in [-0.15, -0.1) is 0 Å². The Morgan fingerprint density at radius 3 is 2.33 bits per heavy atom. The zero-order valence-corrected chi connectivity index (χ0v) is 11.5. The average molecular weight is 327 g/mol. The molecule has 0 aliphatic carbocycles. The number of halogens is 2. The first-order chi connectivity index (χ1) is 8.49. The van der Waals surface area contributed by atoms with E-state index in [1.54, 1.807) is 24.3 Å². The molecule has 18 heavy (non-hydrogen) atoms. The number of nitrogens with two attached hydrogens (primary N) is 1. The van der Waals surface area contributed by atoms with Crippen molar-refractivity contribution in [1.82, 2.24) is 0 Å². The average Bonchev–Trinajstić information content (AvgIpc) is 2.33. The van der Waals surface area contributed by atoms with Gasteiger partial charge >= 0.3 is 0 Å². The maximum Gasteiger partial charge on any atom is 0.252 e. The molecule has 0 saturated carbocycles. The van der Waals surface area contributed by atoms with Crippen LogP contribution in [-0.4, -0.2) is 11.0 Å². The molecular weight excluding hydrogens is 318 g/mol. The van der Waals surface area contributed by atoms with Gasteiger partial charge in [0.25, 0.3) is 5.91 Å². The monoisotopic (exact) mass is 325 g/mol. The molecule has 1 amide bonds. The Bertz CT molecular complexity index is 611. The second kappa shape index (κ2) is 5.00. The van der Waals surface area contributed by atoms with Gasteiger partial charge in [0.2, 0.25) is 0 Å². The van der Waals surface area contributed by atoms with Crippen LogP contribution in [0.3, 0.4) is 0 Å². The number of hydrogen-bond donors (Lipinski definition) is 2. The fourth-order valence-electron chi connectivity index (χ4n) is 1.60. The minimum Gasteiger partial charge on any atom is -0.506 e. The van der Waals surface area contributed by atoms with Crippen LogP contribution in [0.15, 0.2) is 40.9 Å². The van der Waals surface area contributed by atoms with Crippen LogP contribution in [0.4, 0.5) is 0 Å². The Morgan fingerprint density at radius 1 is 1.17 bits per heavy atom. The molecule has 2 rings (SSSR count). The SMILES string of the molecule is NC(=O)c1cc(-c2ccc(Cl)cc2)cc(Br)c1O. The third kappa shape index (κ3) is 2.49. The molecule has 0 heterocycles. The number of primary amides is 1. The van der Waals surface area contributed by atoms with Gasteiger partial charge in [0.15, 0.2) is 0 Å². The number of carbonyl (C=O) groups excluding carboxylic acids is 1. The molecule has 0 aliphatic rings. The second-order valence-electron chi connectivity index (χ2n) is 3.73. The summed E-state index contributed by atoms with van der Waals surface area (Å²) < 4.78 is 0.420. The first-order valence-electron chi connectivity index (χ1n) is 5.07. The highest BCUT2D eigenvalue weighted by Crippen LogP contribution is 2.33. The number of rotatable bonds is 2. The predicted molar refractivity (Wildman–Crippen MR) is 74.8 cm³/mol. The van der Waals surface area contributed by atoms with Crippen molar-refractivity contribution in [2.24, 2.45) is 5.73 Å². The van der Waals surface area contributed by atoms with Crippen LogP contribution in [0.1, 0.15) is 10.4 Å². The minimum atomic E-state index is -0.677. The molecular formula is C13H9BrClNO2. The van der Waals surface area contributed by atoms with E-state index < -0.39 is 5.91 Å². The molecule has 0 bridgehead atoms. The molecule has 2 aromatic rings. The molecule has 0 fully saturated rings. The normalized spacial score (nSPS) is 10.3. The molecule has 0 radical (unpaired) electrons. The Balaban J connectivity index is 2.59. The number of phenols is 1. The predicted octanol–water partition coefficient (Wildman–Crippen LogP) is 3.57. The minimum absolute atomic E-state index is 0.0781. The highest BCUT2D eigenvalue weighted by atomic mass is 79.9. The largest absolute Gasteiger partial charge is 0.506 e. The van der Waals surface area contributed by atoms with Crippen molar-refractivity contribution < 1.29 is 9.90 Å². The molecule has 92 valence electrons. The van der Waals surface area contributed by atoms with E-state index in [2.05, 4.69) is 15.9 Å². The number of hydrogen-bond acceptors (Lipinski definition) is 2. The fraction of sp³-hybridized carbons (Fsp3) is 0. The van der Waals surface area contributed by atoms with Crippen LogP contribution in [0.5, 0.6) is 5.75 Å². The van der Waals surface area contributed by atoms with E-state index in [1.165, 1.54) is 0 Å². The Kier molecular flexibility index (Phi) is 3.59. The maximum atomic E-state index is 11.2. The highest BCUT2D eigenvalue weighted by Gasteiger charge is 2.13. The van der Waals surface area contributed by atoms with Gasteiger partial charge in [-0.05, 0) is 51.3 Å². The second-order valence-corrected chi connectivity index (χ2v) is 5.02. The molecule has 3 N–H and O–H groups in total. The van der Waals surface area contributed by atoms with Gasteiger partial charge in [-0.1, -0.05) is 23.7 Å². The maximum absolute atomic E-state index is 11.2. The fourth-order valence-corrected chi connectivity index (χ4v) is 2.18. The molecule has 2 aromatic carbocycles. The number of aromatic hydroxyl groups is 1. The highest BCUT2D eigenvalue weighted by molar-refractivity contribution is 9.10. The Labute approximate surface area is 117 Å². The van der Waals surface area contributed by atoms with Gasteiger partial charge in [0.05, 0.1) is 10.0 Å². The lowest BCUT2D eigenvalue weighted by Crippen LogP contribution is -2.11. The van der Waals surface area contributed by atoms with Crippen molar-refractivity contribution in [3.05, 3.63) is 51.5 Å². The summed E-state index contributed by atoms with van der Waals surface area (Å²) in [6.45, 7) is 0. The first kappa shape index (κ1) is 12.9. The van der Waals surface area contributed by atoms with Crippen molar-refractivity contribution in [3.63, 3.8) is 0 Å². The van der Waals surface area contributed by atoms with Gasteiger partial charge in [-0.2, -0.15) is 0 Å². The van der Waals surface area contributed by atoms with Gasteiger partial charge in [-0.25, -0.2) is 0 Å². The van der Waals surface area contributed by atoms with Crippen molar-refractivity contribution in [2.45, 2.75) is 0 Å². The standard InChI is InChI=1S/C13H9BrClNO2/c14-11-6-8(5-10(12(11)17)13(16)18)7-1-3-9(15)4-2-7/h1-6,17H,(H2,16,18). The molecule has 0 unspecified atom stereocenters. The van der Waals surface area contributed by atoms with Crippen LogP contribution >= 0.6 is 27.5 Å². The summed E-state index contributed by atoms with van der Waals surface area (Å²) in [5.74, 6) is -0.829. The molecule has 0 saturated heterocycles. The summed E-state index contributed by atoms with van der Waals surface area (Å²) in [6.07, 6.45) is 0. The Hall–Kier alpha value is -1.52. The van der Waals surface area contributed by atoms with Gasteiger partial charge in [0, 0.05) is 5.02 Å². The van der Waals surface area contributed by atoms with E-state index in [0.717, 1.165) is 11.1 Å². The van der Waals surface area contributed by atoms with Crippen LogP contribution < -0.4 is 5.73 Å². The quantitative estimate of drug-likeness (QED) is 0.886. The molecule has 5 heteroatoms. The van der Waals surface area contributed by atoms with Crippen LogP contribution in [0, 0.1) is 0 Å². The molecule has 0 aromatic heterocycles. The smallest absolute Gasteiger partial charge is 0.252 e. The zero-order valence-electron chi connectivity index (χ0n) is 9.15. The number of benzene rings is 2. The molecule has 0 atom stereocenters. The molecule has 3 nitrogen and oxygen atoms in total. The van der Waals surface area contributed by atoms with Crippen LogP contribution in [0.2, 0.25) is 5.02 Å². The van der Waals surface area contributed by atoms with Crippen LogP contribution in [-0.2, 0) is 0 Å². The van der Waals surface area contributed by atoms with Crippen molar-refractivity contribution >= 4 is 33.4 Å². The van der Waals surface area contributed by atoms with Crippen molar-refractivity contribution in [2.75, 3.05) is 0 Å². The first-order valence-corrected chi connectivity index (χ1v) is 6.24. The number of carbonyl (C=O) groups is 1. The van der Waals surface area contributed by atoms with Crippen molar-refractivity contribution in [1.29, 1.82) is 0 Å². The van der Waals surface area contributed by atoms with Gasteiger partial charge in [-0.3, -0.25) is 4.79 Å². The molecule has 0 aliphatic heterocycles. The van der Waals surface area contributed by atoms with E-state index in [9.17, 15) is 9.90 Å². The third-order valence-electron chi connectivity index (χ3n) is 2.51. The van der Waals surface area contributed by atoms with Gasteiger partial charge < -0.3 is 10.8 Å². The van der Waals surface area contributed by atoms with E-state index >= 15 is 0 Å². The van der Waals surface area contributed by atoms with E-state index in [1.807, 2.05) is 12.1 Å². The van der Waals surface area contributed by atoms with Crippen molar-refractivity contribution in [3.8, 4) is 16.9 Å². The number of amides is 1. The zero-order chi connectivity index (χ0) is 13.3. The summed E-state index contributed by atoms with van der Waals surface area (Å²) >= 11 is 9.01. The van der Waals surface area contributed by atoms with Crippen LogP contribution in [0.25, 0.3) is 11.1 Å². The summed E-state index contributed by atoms with van der Waals surface area (Å²) in [5.41, 5.74) is 6.94. The van der Waals surface area contributed by atoms with E-state index in [0.29, 0.717) is 9.50 Å². The third-order valence-corrected chi connectivity index (χ3v) is 3.36. The molecule has 0 spiro atoms. The lowest BCUT2D eigenvalue weighted by Gasteiger charge is -2.08. The Morgan fingerprint density at radius 2 is 1.78 bits per heavy atom. The summed E-state index contributed by atoms with van der Waals surface area (Å²) in [7, 11) is 0. The summed E-state index contributed by atoms with van der Waals surface area (Å²) in [4.78, 5) is 11.2. The lowest BCUT2D eigenvalue weighted by molar-refractivity contribution is 0.0997. The lowest BCUT2D eigenvalue weighted by atomic mass is 10.0. The topological polar surface area (TPSA) is 63.3 Å². The summed E-state index contributed by atoms with van der Waals surface area (Å²) in [6, 6.07) is 10.4. The summed E-state index contributed by atoms with van der Waals surface area (Å²) in [5, 5.41) is 10.3. The van der Waals surface area contributed by atoms with E-state index in [4.69, 9.17) is 17.3 Å². The van der Waals surface area contributed by atoms with E-state index in [-0.39, 0.29) is 11.3 Å².